The number of nitrogens with one attached hydrogen (secondary N) is 2. The molecule has 0 saturated heterocycles. The minimum absolute atomic E-state index is 0.628. The van der Waals surface area contributed by atoms with Gasteiger partial charge in [-0.05, 0) is 18.9 Å². The first-order chi connectivity index (χ1) is 13.1. The number of aromatic amines is 1. The lowest BCUT2D eigenvalue weighted by molar-refractivity contribution is 0.206. The van der Waals surface area contributed by atoms with E-state index in [0.29, 0.717) is 18.2 Å². The Bertz CT molecular complexity index is 892. The van der Waals surface area contributed by atoms with Crippen molar-refractivity contribution in [1.29, 1.82) is 0 Å². The van der Waals surface area contributed by atoms with E-state index in [1.165, 1.54) is 5.56 Å². The van der Waals surface area contributed by atoms with Crippen LogP contribution in [0, 0.1) is 6.92 Å². The standard InChI is InChI=1S/C20H26N6O/c1-5-15-8-6-7-9-16(15)20-22-17(21-18-12-14(2)24-25-18)13-19(23-20)26(3)10-11-27-4/h6-9,12-13H,5,10-11H2,1-4H3,(H2,21,22,23,24,25). The topological polar surface area (TPSA) is 79.0 Å². The monoisotopic (exact) mass is 366 g/mol. The lowest BCUT2D eigenvalue weighted by Gasteiger charge is -2.19. The molecular formula is C20H26N6O. The quantitative estimate of drug-likeness (QED) is 0.635. The molecule has 0 spiro atoms. The Balaban J connectivity index is 2.02. The molecule has 2 N–H and O–H groups in total. The molecule has 7 nitrogen and oxygen atoms in total. The van der Waals surface area contributed by atoms with Crippen LogP contribution in [0.25, 0.3) is 11.4 Å². The van der Waals surface area contributed by atoms with Crippen LogP contribution >= 0.6 is 0 Å². The number of aromatic nitrogens is 4. The largest absolute Gasteiger partial charge is 0.383 e. The van der Waals surface area contributed by atoms with Gasteiger partial charge in [-0.25, -0.2) is 9.97 Å². The molecule has 0 atom stereocenters. The van der Waals surface area contributed by atoms with Crippen LogP contribution in [0.2, 0.25) is 0 Å². The summed E-state index contributed by atoms with van der Waals surface area (Å²) < 4.78 is 5.20. The van der Waals surface area contributed by atoms with Gasteiger partial charge in [-0.15, -0.1) is 0 Å². The van der Waals surface area contributed by atoms with E-state index in [9.17, 15) is 0 Å². The Morgan fingerprint density at radius 3 is 2.67 bits per heavy atom. The van der Waals surface area contributed by atoms with Crippen molar-refractivity contribution in [2.24, 2.45) is 0 Å². The zero-order valence-corrected chi connectivity index (χ0v) is 16.3. The maximum absolute atomic E-state index is 5.20. The summed E-state index contributed by atoms with van der Waals surface area (Å²) in [4.78, 5) is 11.6. The predicted molar refractivity (Wildman–Crippen MR) is 109 cm³/mol. The molecule has 3 aromatic rings. The van der Waals surface area contributed by atoms with Crippen molar-refractivity contribution in [3.63, 3.8) is 0 Å². The van der Waals surface area contributed by atoms with Crippen LogP contribution in [0.3, 0.4) is 0 Å². The van der Waals surface area contributed by atoms with Gasteiger partial charge in [-0.1, -0.05) is 31.2 Å². The second-order valence-electron chi connectivity index (χ2n) is 6.42. The molecular weight excluding hydrogens is 340 g/mol. The van der Waals surface area contributed by atoms with Crippen LogP contribution in [0.15, 0.2) is 36.4 Å². The molecule has 0 radical (unpaired) electrons. The zero-order valence-electron chi connectivity index (χ0n) is 16.3. The Hall–Kier alpha value is -2.93. The van der Waals surface area contributed by atoms with E-state index in [1.807, 2.05) is 38.2 Å². The summed E-state index contributed by atoms with van der Waals surface area (Å²) in [5.74, 6) is 2.96. The number of rotatable bonds is 8. The molecule has 0 aliphatic rings. The van der Waals surface area contributed by atoms with Crippen molar-refractivity contribution in [3.8, 4) is 11.4 Å². The van der Waals surface area contributed by atoms with Crippen LogP contribution in [-0.4, -0.2) is 47.5 Å². The lowest BCUT2D eigenvalue weighted by Crippen LogP contribution is -2.23. The Morgan fingerprint density at radius 2 is 1.96 bits per heavy atom. The van der Waals surface area contributed by atoms with Gasteiger partial charge in [0.1, 0.15) is 11.6 Å². The molecule has 3 rings (SSSR count). The maximum atomic E-state index is 5.20. The third-order valence-electron chi connectivity index (χ3n) is 4.34. The highest BCUT2D eigenvalue weighted by Crippen LogP contribution is 2.26. The maximum Gasteiger partial charge on any atom is 0.164 e. The van der Waals surface area contributed by atoms with Gasteiger partial charge in [0.15, 0.2) is 11.6 Å². The van der Waals surface area contributed by atoms with Crippen molar-refractivity contribution in [2.75, 3.05) is 37.5 Å². The second-order valence-corrected chi connectivity index (χ2v) is 6.42. The van der Waals surface area contributed by atoms with Gasteiger partial charge in [-0.3, -0.25) is 5.10 Å². The van der Waals surface area contributed by atoms with E-state index in [-0.39, 0.29) is 0 Å². The average Bonchev–Trinajstić information content (AvgIpc) is 3.10. The molecule has 0 amide bonds. The Morgan fingerprint density at radius 1 is 1.15 bits per heavy atom. The number of hydrogen-bond acceptors (Lipinski definition) is 6. The number of H-pyrrole nitrogens is 1. The summed E-state index contributed by atoms with van der Waals surface area (Å²) >= 11 is 0. The van der Waals surface area contributed by atoms with Crippen LogP contribution in [0.4, 0.5) is 17.5 Å². The third-order valence-corrected chi connectivity index (χ3v) is 4.34. The summed E-state index contributed by atoms with van der Waals surface area (Å²) in [6.07, 6.45) is 0.921. The highest BCUT2D eigenvalue weighted by molar-refractivity contribution is 5.66. The SMILES string of the molecule is CCc1ccccc1-c1nc(Nc2cc(C)[nH]n2)cc(N(C)CCOC)n1. The molecule has 7 heteroatoms. The number of aryl methyl sites for hydroxylation is 2. The first kappa shape index (κ1) is 18.8. The summed E-state index contributed by atoms with van der Waals surface area (Å²) in [5, 5.41) is 10.4. The third kappa shape index (κ3) is 4.62. The van der Waals surface area contributed by atoms with Crippen molar-refractivity contribution in [1.82, 2.24) is 20.2 Å². The summed E-state index contributed by atoms with van der Waals surface area (Å²) in [6.45, 7) is 5.47. The van der Waals surface area contributed by atoms with E-state index in [1.54, 1.807) is 7.11 Å². The lowest BCUT2D eigenvalue weighted by atomic mass is 10.0. The Kier molecular flexibility index (Phi) is 6.03. The Labute approximate surface area is 159 Å². The molecule has 0 fully saturated rings. The van der Waals surface area contributed by atoms with Gasteiger partial charge in [0.05, 0.1) is 6.61 Å². The van der Waals surface area contributed by atoms with Gasteiger partial charge in [0.2, 0.25) is 0 Å². The minimum atomic E-state index is 0.628. The molecule has 142 valence electrons. The number of hydrogen-bond donors (Lipinski definition) is 2. The zero-order chi connectivity index (χ0) is 19.2. The predicted octanol–water partition coefficient (Wildman–Crippen LogP) is 3.56. The van der Waals surface area contributed by atoms with Crippen LogP contribution < -0.4 is 10.2 Å². The molecule has 27 heavy (non-hydrogen) atoms. The molecule has 2 aromatic heterocycles. The fourth-order valence-corrected chi connectivity index (χ4v) is 2.82. The van der Waals surface area contributed by atoms with E-state index in [4.69, 9.17) is 14.7 Å². The second kappa shape index (κ2) is 8.64. The number of likely N-dealkylation sites (N-methyl/N-ethyl adjacent to an activating group) is 1. The fourth-order valence-electron chi connectivity index (χ4n) is 2.82. The average molecular weight is 366 g/mol. The van der Waals surface area contributed by atoms with Crippen molar-refractivity contribution < 1.29 is 4.74 Å². The number of benzene rings is 1. The molecule has 0 saturated carbocycles. The van der Waals surface area contributed by atoms with Crippen molar-refractivity contribution in [2.45, 2.75) is 20.3 Å². The van der Waals surface area contributed by atoms with Gasteiger partial charge >= 0.3 is 0 Å². The first-order valence-corrected chi connectivity index (χ1v) is 9.07. The highest BCUT2D eigenvalue weighted by Gasteiger charge is 2.13. The van der Waals surface area contributed by atoms with Crippen LogP contribution in [0.5, 0.6) is 0 Å². The minimum Gasteiger partial charge on any atom is -0.383 e. The van der Waals surface area contributed by atoms with Crippen LogP contribution in [-0.2, 0) is 11.2 Å². The highest BCUT2D eigenvalue weighted by atomic mass is 16.5. The first-order valence-electron chi connectivity index (χ1n) is 9.07. The molecule has 0 bridgehead atoms. The molecule has 0 unspecified atom stereocenters. The number of methoxy groups -OCH3 is 1. The van der Waals surface area contributed by atoms with E-state index in [2.05, 4.69) is 39.5 Å². The fraction of sp³-hybridized carbons (Fsp3) is 0.350. The summed E-state index contributed by atoms with van der Waals surface area (Å²) in [7, 11) is 3.70. The van der Waals surface area contributed by atoms with Gasteiger partial charge in [0.25, 0.3) is 0 Å². The summed E-state index contributed by atoms with van der Waals surface area (Å²) in [6, 6.07) is 12.1. The molecule has 0 aliphatic carbocycles. The van der Waals surface area contributed by atoms with Crippen molar-refractivity contribution >= 4 is 17.5 Å². The van der Waals surface area contributed by atoms with Gasteiger partial charge in [-0.2, -0.15) is 5.10 Å². The number of anilines is 3. The normalized spacial score (nSPS) is 10.8. The molecule has 1 aromatic carbocycles. The van der Waals surface area contributed by atoms with E-state index >= 15 is 0 Å². The van der Waals surface area contributed by atoms with E-state index < -0.39 is 0 Å². The van der Waals surface area contributed by atoms with Gasteiger partial charge in [0, 0.05) is 44.1 Å². The number of ether oxygens (including phenoxy) is 1. The van der Waals surface area contributed by atoms with Crippen LogP contribution in [0.1, 0.15) is 18.2 Å². The van der Waals surface area contributed by atoms with Crippen molar-refractivity contribution in [3.05, 3.63) is 47.7 Å². The van der Waals surface area contributed by atoms with Gasteiger partial charge < -0.3 is 15.0 Å². The smallest absolute Gasteiger partial charge is 0.164 e. The number of nitrogens with zero attached hydrogens (tertiary/aromatic N) is 4. The molecule has 2 heterocycles. The van der Waals surface area contributed by atoms with E-state index in [0.717, 1.165) is 35.9 Å². The molecule has 0 aliphatic heterocycles. The summed E-state index contributed by atoms with van der Waals surface area (Å²) in [5.41, 5.74) is 3.25.